The first-order valence-corrected chi connectivity index (χ1v) is 5.90. The number of nitro groups is 1. The first kappa shape index (κ1) is 14.5. The normalized spacial score (nSPS) is 11.7. The molecular weight excluding hydrogens is 348 g/mol. The second kappa shape index (κ2) is 4.89. The van der Waals surface area contributed by atoms with Gasteiger partial charge in [-0.2, -0.15) is 13.2 Å². The van der Waals surface area contributed by atoms with Gasteiger partial charge in [-0.25, -0.2) is 4.39 Å². The van der Waals surface area contributed by atoms with E-state index in [2.05, 4.69) is 20.9 Å². The first-order chi connectivity index (χ1) is 9.21. The van der Waals surface area contributed by atoms with Crippen molar-refractivity contribution >= 4 is 21.6 Å². The molecule has 0 aliphatic carbocycles. The summed E-state index contributed by atoms with van der Waals surface area (Å²) in [4.78, 5) is 12.0. The number of alkyl halides is 3. The van der Waals surface area contributed by atoms with Gasteiger partial charge >= 0.3 is 11.9 Å². The molecule has 106 valence electrons. The minimum absolute atomic E-state index is 0.0482. The van der Waals surface area contributed by atoms with Gasteiger partial charge in [-0.1, -0.05) is 12.1 Å². The van der Waals surface area contributed by atoms with Crippen LogP contribution < -0.4 is 0 Å². The molecule has 0 spiro atoms. The van der Waals surface area contributed by atoms with E-state index in [9.17, 15) is 27.7 Å². The van der Waals surface area contributed by atoms with E-state index in [1.165, 1.54) is 12.1 Å². The van der Waals surface area contributed by atoms with E-state index in [4.69, 9.17) is 0 Å². The molecule has 0 saturated carbocycles. The average Bonchev–Trinajstić information content (AvgIpc) is 2.66. The summed E-state index contributed by atoms with van der Waals surface area (Å²) in [6.45, 7) is 0. The van der Waals surface area contributed by atoms with Gasteiger partial charge in [0.15, 0.2) is 5.56 Å². The number of H-pyrrole nitrogens is 1. The second-order valence-electron chi connectivity index (χ2n) is 3.80. The van der Waals surface area contributed by atoms with Crippen LogP contribution in [-0.4, -0.2) is 9.91 Å². The lowest BCUT2D eigenvalue weighted by atomic mass is 10.1. The molecule has 2 aromatic rings. The highest BCUT2D eigenvalue weighted by molar-refractivity contribution is 9.10. The van der Waals surface area contributed by atoms with Crippen molar-refractivity contribution in [1.82, 2.24) is 4.98 Å². The first-order valence-electron chi connectivity index (χ1n) is 5.11. The van der Waals surface area contributed by atoms with Gasteiger partial charge in [0, 0.05) is 5.56 Å². The van der Waals surface area contributed by atoms with Crippen molar-refractivity contribution in [2.24, 2.45) is 0 Å². The number of aromatic nitrogens is 1. The largest absolute Gasteiger partial charge is 0.425 e. The fraction of sp³-hybridized carbons (Fsp3) is 0.0909. The van der Waals surface area contributed by atoms with E-state index in [-0.39, 0.29) is 5.56 Å². The van der Waals surface area contributed by atoms with Crippen LogP contribution in [0.4, 0.5) is 23.2 Å². The Hall–Kier alpha value is -1.90. The maximum Gasteiger partial charge on any atom is 0.425 e. The van der Waals surface area contributed by atoms with E-state index in [1.807, 2.05) is 0 Å². The van der Waals surface area contributed by atoms with Crippen LogP contribution in [0.2, 0.25) is 0 Å². The Balaban J connectivity index is 2.76. The SMILES string of the molecule is O=[N+]([O-])c1c(-c2cccc(F)c2)[nH]c(Br)c1C(F)(F)F. The number of rotatable bonds is 2. The standard InChI is InChI=1S/C11H5BrF4N2O2/c12-10-7(11(14,15)16)9(18(19)20)8(17-10)5-2-1-3-6(13)4-5/h1-4,17H. The van der Waals surface area contributed by atoms with Crippen LogP contribution >= 0.6 is 15.9 Å². The summed E-state index contributed by atoms with van der Waals surface area (Å²) in [6.07, 6.45) is -4.91. The molecular formula is C11H5BrF4N2O2. The summed E-state index contributed by atoms with van der Waals surface area (Å²) in [5, 5.41) is 10.9. The smallest absolute Gasteiger partial charge is 0.343 e. The van der Waals surface area contributed by atoms with Gasteiger partial charge < -0.3 is 4.98 Å². The fourth-order valence-electron chi connectivity index (χ4n) is 1.75. The molecule has 1 aromatic heterocycles. The molecule has 1 heterocycles. The van der Waals surface area contributed by atoms with Crippen LogP contribution in [0.1, 0.15) is 5.56 Å². The molecule has 4 nitrogen and oxygen atoms in total. The van der Waals surface area contributed by atoms with E-state index >= 15 is 0 Å². The van der Waals surface area contributed by atoms with Crippen LogP contribution in [0.25, 0.3) is 11.3 Å². The number of nitrogens with zero attached hydrogens (tertiary/aromatic N) is 1. The highest BCUT2D eigenvalue weighted by Crippen LogP contribution is 2.45. The van der Waals surface area contributed by atoms with Crippen molar-refractivity contribution < 1.29 is 22.5 Å². The highest BCUT2D eigenvalue weighted by Gasteiger charge is 2.44. The Morgan fingerprint density at radius 2 is 1.95 bits per heavy atom. The highest BCUT2D eigenvalue weighted by atomic mass is 79.9. The average molecular weight is 353 g/mol. The zero-order valence-corrected chi connectivity index (χ0v) is 11.0. The Morgan fingerprint density at radius 3 is 2.45 bits per heavy atom. The van der Waals surface area contributed by atoms with E-state index in [1.54, 1.807) is 0 Å². The Labute approximate surface area is 117 Å². The van der Waals surface area contributed by atoms with Crippen LogP contribution in [0.15, 0.2) is 28.9 Å². The topological polar surface area (TPSA) is 58.9 Å². The summed E-state index contributed by atoms with van der Waals surface area (Å²) < 4.78 is 51.1. The van der Waals surface area contributed by atoms with Gasteiger partial charge in [-0.05, 0) is 28.1 Å². The summed E-state index contributed by atoms with van der Waals surface area (Å²) in [5.41, 5.74) is -3.03. The Morgan fingerprint density at radius 1 is 1.30 bits per heavy atom. The van der Waals surface area contributed by atoms with Gasteiger partial charge in [-0.15, -0.1) is 0 Å². The van der Waals surface area contributed by atoms with Gasteiger partial charge in [-0.3, -0.25) is 10.1 Å². The number of hydrogen-bond donors (Lipinski definition) is 1. The summed E-state index contributed by atoms with van der Waals surface area (Å²) in [7, 11) is 0. The molecule has 20 heavy (non-hydrogen) atoms. The molecule has 1 aromatic carbocycles. The monoisotopic (exact) mass is 352 g/mol. The van der Waals surface area contributed by atoms with E-state index in [0.717, 1.165) is 12.1 Å². The van der Waals surface area contributed by atoms with Gasteiger partial charge in [0.25, 0.3) is 0 Å². The molecule has 0 aliphatic rings. The molecule has 1 N–H and O–H groups in total. The zero-order valence-electron chi connectivity index (χ0n) is 9.46. The van der Waals surface area contributed by atoms with Crippen LogP contribution in [0.3, 0.4) is 0 Å². The van der Waals surface area contributed by atoms with E-state index < -0.39 is 38.5 Å². The predicted molar refractivity (Wildman–Crippen MR) is 65.5 cm³/mol. The number of benzene rings is 1. The maximum atomic E-state index is 13.1. The van der Waals surface area contributed by atoms with E-state index in [0.29, 0.717) is 0 Å². The fourth-order valence-corrected chi connectivity index (χ4v) is 2.37. The minimum Gasteiger partial charge on any atom is -0.343 e. The van der Waals surface area contributed by atoms with Crippen molar-refractivity contribution in [1.29, 1.82) is 0 Å². The summed E-state index contributed by atoms with van der Waals surface area (Å²) in [6, 6.07) is 4.51. The predicted octanol–water partition coefficient (Wildman–Crippen LogP) is 4.51. The molecule has 2 rings (SSSR count). The van der Waals surface area contributed by atoms with Crippen molar-refractivity contribution in [2.45, 2.75) is 6.18 Å². The van der Waals surface area contributed by atoms with Crippen LogP contribution in [0, 0.1) is 15.9 Å². The third-order valence-corrected chi connectivity index (χ3v) is 3.10. The number of hydrogen-bond acceptors (Lipinski definition) is 2. The molecule has 0 atom stereocenters. The van der Waals surface area contributed by atoms with Crippen molar-refractivity contribution in [3.05, 3.63) is 50.4 Å². The third-order valence-electron chi connectivity index (χ3n) is 2.51. The molecule has 0 radical (unpaired) electrons. The van der Waals surface area contributed by atoms with Gasteiger partial charge in [0.2, 0.25) is 0 Å². The lowest BCUT2D eigenvalue weighted by Crippen LogP contribution is -2.07. The van der Waals surface area contributed by atoms with Crippen molar-refractivity contribution in [2.75, 3.05) is 0 Å². The number of aromatic amines is 1. The molecule has 9 heteroatoms. The van der Waals surface area contributed by atoms with Crippen molar-refractivity contribution in [3.63, 3.8) is 0 Å². The van der Waals surface area contributed by atoms with Crippen molar-refractivity contribution in [3.8, 4) is 11.3 Å². The molecule has 0 saturated heterocycles. The lowest BCUT2D eigenvalue weighted by molar-refractivity contribution is -0.387. The zero-order chi connectivity index (χ0) is 15.1. The van der Waals surface area contributed by atoms with Gasteiger partial charge in [0.05, 0.1) is 4.92 Å². The Kier molecular flexibility index (Phi) is 3.55. The summed E-state index contributed by atoms with van der Waals surface area (Å²) in [5.74, 6) is -0.712. The molecule has 0 aliphatic heterocycles. The minimum atomic E-state index is -4.91. The van der Waals surface area contributed by atoms with Gasteiger partial charge in [0.1, 0.15) is 16.1 Å². The molecule has 0 unspecified atom stereocenters. The number of halogens is 5. The molecule has 0 fully saturated rings. The maximum absolute atomic E-state index is 13.1. The Bertz CT molecular complexity index is 682. The molecule has 0 bridgehead atoms. The molecule has 0 amide bonds. The summed E-state index contributed by atoms with van der Waals surface area (Å²) >= 11 is 2.61. The second-order valence-corrected chi connectivity index (χ2v) is 4.60. The third kappa shape index (κ3) is 2.53. The quantitative estimate of drug-likeness (QED) is 0.491. The van der Waals surface area contributed by atoms with Crippen LogP contribution in [0.5, 0.6) is 0 Å². The van der Waals surface area contributed by atoms with Crippen LogP contribution in [-0.2, 0) is 6.18 Å². The lowest BCUT2D eigenvalue weighted by Gasteiger charge is -2.04. The number of nitrogens with one attached hydrogen (secondary N) is 1.